The van der Waals surface area contributed by atoms with E-state index in [1.165, 1.54) is 212 Å². The fourth-order valence-electron chi connectivity index (χ4n) is 17.0. The number of unbranched alkanes of at least 4 members (excludes halogenated alkanes) is 12. The second-order valence-electron chi connectivity index (χ2n) is 29.3. The summed E-state index contributed by atoms with van der Waals surface area (Å²) < 4.78 is 2.83. The largest absolute Gasteiger partial charge is 0.288 e. The molecule has 0 amide bonds. The second-order valence-corrected chi connectivity index (χ2v) is 33.7. The molecule has 0 aliphatic heterocycles. The molecule has 0 N–H and O–H groups in total. The minimum atomic E-state index is -0.815. The number of rotatable bonds is 26. The summed E-state index contributed by atoms with van der Waals surface area (Å²) in [4.78, 5) is 68.4. The van der Waals surface area contributed by atoms with Crippen LogP contribution in [-0.2, 0) is 36.5 Å². The minimum absolute atomic E-state index is 0.0501. The van der Waals surface area contributed by atoms with Crippen molar-refractivity contribution in [2.24, 2.45) is 0 Å². The Labute approximate surface area is 648 Å². The van der Waals surface area contributed by atoms with E-state index in [2.05, 4.69) is 171 Å². The van der Waals surface area contributed by atoms with Crippen LogP contribution in [-0.4, -0.2) is 23.1 Å². The van der Waals surface area contributed by atoms with Gasteiger partial charge in [0, 0.05) is 59.9 Å². The molecule has 4 heterocycles. The van der Waals surface area contributed by atoms with E-state index in [-0.39, 0.29) is 55.9 Å². The zero-order valence-electron chi connectivity index (χ0n) is 61.5. The molecule has 4 aliphatic rings. The maximum Gasteiger partial charge on any atom is 0.199 e. The van der Waals surface area contributed by atoms with Gasteiger partial charge in [0.15, 0.2) is 34.5 Å². The van der Waals surface area contributed by atoms with Crippen LogP contribution in [0.1, 0.15) is 260 Å². The van der Waals surface area contributed by atoms with Crippen molar-refractivity contribution >= 4 is 103 Å². The van der Waals surface area contributed by atoms with Gasteiger partial charge in [0.05, 0.1) is 46.2 Å². The van der Waals surface area contributed by atoms with Gasteiger partial charge in [0.2, 0.25) is 0 Å². The van der Waals surface area contributed by atoms with Crippen molar-refractivity contribution in [2.75, 3.05) is 0 Å². The summed E-state index contributed by atoms with van der Waals surface area (Å²) in [5.41, 5.74) is 16.4. The Morgan fingerprint density at radius 1 is 0.352 bits per heavy atom. The number of Topliss-reactive ketones (excluding diaryl/α,β-unsaturated/α-hetero) is 4. The van der Waals surface area contributed by atoms with Crippen molar-refractivity contribution in [3.05, 3.63) is 321 Å². The third-order valence-corrected chi connectivity index (χ3v) is 26.9. The van der Waals surface area contributed by atoms with Crippen LogP contribution in [0.4, 0.5) is 11.4 Å². The van der Waals surface area contributed by atoms with Crippen LogP contribution in [0.25, 0.3) is 53.9 Å². The highest BCUT2D eigenvalue weighted by molar-refractivity contribution is 7.17. The number of nitriles is 2. The van der Waals surface area contributed by atoms with E-state index < -0.39 is 34.0 Å². The van der Waals surface area contributed by atoms with Gasteiger partial charge in [0.25, 0.3) is 0 Å². The van der Waals surface area contributed by atoms with Crippen molar-refractivity contribution < 1.29 is 19.2 Å². The number of fused-ring (bicyclic) bond motifs is 8. The Hall–Kier alpha value is -10.5. The Morgan fingerprint density at radius 3 is 0.944 bits per heavy atom. The number of hydrogen-bond acceptors (Lipinski definition) is 10. The first kappa shape index (κ1) is 73.0. The highest BCUT2D eigenvalue weighted by atomic mass is 32.1. The van der Waals surface area contributed by atoms with Crippen molar-refractivity contribution in [1.82, 2.24) is 0 Å². The lowest BCUT2D eigenvalue weighted by Crippen LogP contribution is -2.30. The molecule has 4 aliphatic carbocycles. The van der Waals surface area contributed by atoms with E-state index in [0.29, 0.717) is 9.06 Å². The molecule has 0 bridgehead atoms. The number of ketones is 4. The van der Waals surface area contributed by atoms with E-state index in [1.54, 1.807) is 22.7 Å². The molecule has 15 rings (SSSR count). The number of carbonyl (C=O) groups is 4. The van der Waals surface area contributed by atoms with Crippen LogP contribution < -0.4 is 18.1 Å². The van der Waals surface area contributed by atoms with Crippen LogP contribution in [0.2, 0.25) is 0 Å². The zero-order valence-corrected chi connectivity index (χ0v) is 64.8. The first-order valence-electron chi connectivity index (χ1n) is 38.4. The summed E-state index contributed by atoms with van der Waals surface area (Å²) >= 11 is 6.34. The maximum atomic E-state index is 14.2. The number of thiophene rings is 4. The summed E-state index contributed by atoms with van der Waals surface area (Å²) in [5, 5.41) is 19.8. The number of nitrogens with zero attached hydrogens (tertiary/aromatic N) is 4. The van der Waals surface area contributed by atoms with Crippen molar-refractivity contribution in [3.8, 4) is 33.0 Å². The normalized spacial score (nSPS) is 14.4. The Balaban J connectivity index is 0.970. The summed E-state index contributed by atoms with van der Waals surface area (Å²) in [5.74, 6) is -1.75. The lowest BCUT2D eigenvalue weighted by Gasteiger charge is -2.35. The summed E-state index contributed by atoms with van der Waals surface area (Å²) in [6.07, 6.45) is 27.1. The minimum Gasteiger partial charge on any atom is -0.288 e. The molecule has 0 radical (unpaired) electrons. The summed E-state index contributed by atoms with van der Waals surface area (Å²) in [7, 11) is 0. The summed E-state index contributed by atoms with van der Waals surface area (Å²) in [6.45, 7) is 24.5. The Morgan fingerprint density at radius 2 is 0.657 bits per heavy atom. The van der Waals surface area contributed by atoms with E-state index in [4.69, 9.17) is 13.1 Å². The van der Waals surface area contributed by atoms with Gasteiger partial charge in [-0.3, -0.25) is 28.9 Å². The van der Waals surface area contributed by atoms with Crippen LogP contribution >= 0.6 is 45.3 Å². The smallest absolute Gasteiger partial charge is 0.199 e. The SMILES string of the molecule is [C-]#[N+]c1cc2c(cc1[N+]#[C-])C(=O)C(=c1cc/c(=C\c3cc4c(s3)-c3cc5c(cc3C4(c3ccc(CCCCCC)cc3)c3ccc(CCCCCC)cc3)-c3sc(/C=c4\ccc(=C6C(=O)c7cc(C#N)c(C#N)cc7C6=O)s4)cc3C5(c3ccc(CCCCCC)cc3)c3ccc(CCCCCC)cc3)s1)C2=O. The van der Waals surface area contributed by atoms with Crippen LogP contribution in [0.3, 0.4) is 0 Å². The molecule has 108 heavy (non-hydrogen) atoms. The lowest BCUT2D eigenvalue weighted by atomic mass is 9.65. The van der Waals surface area contributed by atoms with E-state index in [9.17, 15) is 29.7 Å². The molecule has 11 aromatic rings. The van der Waals surface area contributed by atoms with Gasteiger partial charge in [-0.1, -0.05) is 214 Å². The van der Waals surface area contributed by atoms with Crippen molar-refractivity contribution in [2.45, 2.75) is 167 Å². The molecular weight excluding hydrogens is 1400 g/mol. The highest BCUT2D eigenvalue weighted by Gasteiger charge is 2.53. The molecule has 12 heteroatoms. The average Bonchev–Trinajstić information content (AvgIpc) is 1.50. The van der Waals surface area contributed by atoms with Gasteiger partial charge in [-0.25, -0.2) is 0 Å². The van der Waals surface area contributed by atoms with Gasteiger partial charge in [-0.15, -0.1) is 45.3 Å². The van der Waals surface area contributed by atoms with Gasteiger partial charge in [-0.2, -0.15) is 10.5 Å². The molecule has 7 aromatic carbocycles. The third kappa shape index (κ3) is 13.1. The predicted molar refractivity (Wildman–Crippen MR) is 441 cm³/mol. The average molecular weight is 1480 g/mol. The topological polar surface area (TPSA) is 125 Å². The van der Waals surface area contributed by atoms with Crippen molar-refractivity contribution in [1.29, 1.82) is 10.5 Å². The molecule has 8 nitrogen and oxygen atoms in total. The molecule has 0 atom stereocenters. The van der Waals surface area contributed by atoms with Crippen LogP contribution in [0, 0.1) is 35.8 Å². The zero-order chi connectivity index (χ0) is 74.8. The molecule has 0 unspecified atom stereocenters. The molecular formula is C96H82N4O4S4. The standard InChI is InChI=1S/C96H82N4O4S4/c1-7-11-15-19-23-59-27-35-65(36-28-59)95(66-37-29-60(30-38-66)24-20-16-12-8-2)79-54-78-80(53-77(79)93-81(95)51-71(107-93)49-69-43-45-85(105-69)87-89(101)73-47-63(57-97)64(58-98)48-74(73)90(87)102)96(67-39-31-61(32-40-67)25-21-17-13-9-3,68-41-33-62(34-42-68)26-22-18-14-10-4)82-52-72(108-94(78)82)50-70-44-46-86(106-70)88-91(103)75-55-83(99-5)84(100-6)56-76(75)92(88)104/h27-56H,7-26H2,1-4H3/b69-49+,70-50+. The summed E-state index contributed by atoms with van der Waals surface area (Å²) in [6, 6.07) is 65.3. The van der Waals surface area contributed by atoms with E-state index in [1.807, 2.05) is 36.4 Å². The fourth-order valence-corrected chi connectivity index (χ4v) is 21.5. The number of aryl methyl sites for hydroxylation is 4. The van der Waals surface area contributed by atoms with Gasteiger partial charge in [0.1, 0.15) is 12.1 Å². The molecule has 0 saturated carbocycles. The Kier molecular flexibility index (Phi) is 21.2. The first-order chi connectivity index (χ1) is 52.8. The van der Waals surface area contributed by atoms with Gasteiger partial charge in [-0.05, 0) is 202 Å². The Bertz CT molecular complexity index is 5310. The first-order valence-corrected chi connectivity index (χ1v) is 41.7. The van der Waals surface area contributed by atoms with Gasteiger partial charge >= 0.3 is 0 Å². The third-order valence-electron chi connectivity index (χ3n) is 22.5. The number of carbonyl (C=O) groups excluding carboxylic acids is 4. The van der Waals surface area contributed by atoms with Gasteiger partial charge < -0.3 is 0 Å². The number of hydrogen-bond donors (Lipinski definition) is 0. The molecule has 0 fully saturated rings. The molecule has 0 saturated heterocycles. The molecule has 534 valence electrons. The predicted octanol–water partition coefficient (Wildman–Crippen LogP) is 22.1. The van der Waals surface area contributed by atoms with E-state index in [0.717, 1.165) is 70.2 Å². The number of benzene rings is 7. The molecule has 0 spiro atoms. The maximum absolute atomic E-state index is 14.2. The van der Waals surface area contributed by atoms with Crippen LogP contribution in [0.5, 0.6) is 0 Å². The lowest BCUT2D eigenvalue weighted by molar-refractivity contribution is 0.101. The second kappa shape index (κ2) is 31.3. The van der Waals surface area contributed by atoms with E-state index >= 15 is 0 Å². The quantitative estimate of drug-likeness (QED) is 0.0393. The fraction of sp³-hybridized carbons (Fsp3) is 0.271. The highest BCUT2D eigenvalue weighted by Crippen LogP contribution is 2.65. The van der Waals surface area contributed by atoms with Crippen molar-refractivity contribution in [3.63, 3.8) is 0 Å². The monoisotopic (exact) mass is 1480 g/mol. The van der Waals surface area contributed by atoms with Crippen LogP contribution in [0.15, 0.2) is 170 Å². The molecule has 4 aromatic heterocycles.